The van der Waals surface area contributed by atoms with Gasteiger partial charge in [-0.05, 0) is 69.5 Å². The maximum atomic E-state index is 13.2. The largest absolute Gasteiger partial charge is 0.496 e. The minimum atomic E-state index is -0.638. The zero-order chi connectivity index (χ0) is 42.3. The van der Waals surface area contributed by atoms with E-state index in [2.05, 4.69) is 15.9 Å². The van der Waals surface area contributed by atoms with E-state index in [1.165, 1.54) is 65.9 Å². The van der Waals surface area contributed by atoms with Crippen molar-refractivity contribution in [3.05, 3.63) is 91.4 Å². The van der Waals surface area contributed by atoms with Crippen LogP contribution >= 0.6 is 15.9 Å². The van der Waals surface area contributed by atoms with E-state index in [-0.39, 0.29) is 88.3 Å². The summed E-state index contributed by atoms with van der Waals surface area (Å²) in [6.45, 7) is 1.41. The summed E-state index contributed by atoms with van der Waals surface area (Å²) in [4.78, 5) is 52.1. The van der Waals surface area contributed by atoms with Crippen molar-refractivity contribution >= 4 is 64.1 Å². The first-order valence-corrected chi connectivity index (χ1v) is 18.7. The fourth-order valence-electron chi connectivity index (χ4n) is 5.01. The smallest absolute Gasteiger partial charge is 0.339 e. The van der Waals surface area contributed by atoms with E-state index in [0.717, 1.165) is 0 Å². The van der Waals surface area contributed by atoms with E-state index in [1.807, 2.05) is 0 Å². The quantitative estimate of drug-likeness (QED) is 0.0418. The lowest BCUT2D eigenvalue weighted by Gasteiger charge is -2.14. The molecule has 0 aromatic heterocycles. The first-order valence-electron chi connectivity index (χ1n) is 17.9. The highest BCUT2D eigenvalue weighted by atomic mass is 79.9. The van der Waals surface area contributed by atoms with E-state index < -0.39 is 23.9 Å². The molecule has 0 unspecified atom stereocenters. The molecule has 58 heavy (non-hydrogen) atoms. The van der Waals surface area contributed by atoms with Gasteiger partial charge in [0.05, 0.1) is 62.4 Å². The number of carbonyl (C=O) groups is 4. The SMILES string of the molecule is COCCOC(=O)c1ccc(C(=O)OCCOC)c(/C=C/c2cc(OCCOC)c(/C=C/c3cc(C(=O)OCCOC)c(Br)cc3C(=O)OCCOC)cc2OC)c1. The van der Waals surface area contributed by atoms with Gasteiger partial charge < -0.3 is 52.1 Å². The van der Waals surface area contributed by atoms with Gasteiger partial charge in [-0.1, -0.05) is 24.3 Å². The van der Waals surface area contributed by atoms with Crippen molar-refractivity contribution in [3.8, 4) is 11.5 Å². The molecule has 0 aliphatic carbocycles. The van der Waals surface area contributed by atoms with Crippen LogP contribution in [-0.2, 0) is 42.6 Å². The Morgan fingerprint density at radius 1 is 0.448 bits per heavy atom. The molecule has 3 aromatic rings. The normalized spacial score (nSPS) is 11.2. The van der Waals surface area contributed by atoms with Crippen LogP contribution in [-0.4, -0.2) is 133 Å². The fourth-order valence-corrected chi connectivity index (χ4v) is 5.51. The third-order valence-electron chi connectivity index (χ3n) is 7.96. The number of hydrogen-bond acceptors (Lipinski definition) is 15. The van der Waals surface area contributed by atoms with Crippen molar-refractivity contribution in [1.29, 1.82) is 0 Å². The molecule has 0 N–H and O–H groups in total. The van der Waals surface area contributed by atoms with Gasteiger partial charge in [0, 0.05) is 51.1 Å². The van der Waals surface area contributed by atoms with Crippen molar-refractivity contribution in [2.45, 2.75) is 0 Å². The van der Waals surface area contributed by atoms with Gasteiger partial charge in [-0.25, -0.2) is 19.2 Å². The molecule has 0 saturated carbocycles. The third-order valence-corrected chi connectivity index (χ3v) is 8.62. The van der Waals surface area contributed by atoms with Gasteiger partial charge in [0.25, 0.3) is 0 Å². The minimum absolute atomic E-state index is 0.0137. The van der Waals surface area contributed by atoms with Gasteiger partial charge >= 0.3 is 23.9 Å². The number of ether oxygens (including phenoxy) is 11. The Morgan fingerprint density at radius 2 is 0.879 bits per heavy atom. The summed E-state index contributed by atoms with van der Waals surface area (Å²) in [5.74, 6) is -1.66. The molecular formula is C42H49BrO15. The standard InChI is InChI=1S/C42H49BrO15/c1-48-13-18-54-38-26-30(9-7-28-23-32(39(44)55-19-14-49-2)11-12-33(28)40(45)56-20-15-50-3)37(53-6)25-31(38)10-8-29-24-35(42(47)58-22-17-52-5)36(43)27-34(29)41(46)57-21-16-51-4/h7-12,23-27H,13-22H2,1-6H3/b9-7+,10-8+. The van der Waals surface area contributed by atoms with Crippen LogP contribution < -0.4 is 9.47 Å². The number of carbonyl (C=O) groups excluding carboxylic acids is 4. The van der Waals surface area contributed by atoms with Gasteiger partial charge in [-0.2, -0.15) is 0 Å². The second kappa shape index (κ2) is 26.0. The summed E-state index contributed by atoms with van der Waals surface area (Å²) in [6, 6.07) is 10.9. The lowest BCUT2D eigenvalue weighted by Crippen LogP contribution is -2.14. The number of esters is 4. The first-order chi connectivity index (χ1) is 28.1. The molecule has 0 amide bonds. The maximum absolute atomic E-state index is 13.2. The molecule has 0 spiro atoms. The van der Waals surface area contributed by atoms with Crippen molar-refractivity contribution < 1.29 is 71.3 Å². The summed E-state index contributed by atoms with van der Waals surface area (Å²) in [5.41, 5.74) is 2.56. The van der Waals surface area contributed by atoms with Crippen LogP contribution in [0, 0.1) is 0 Å². The van der Waals surface area contributed by atoms with E-state index in [4.69, 9.17) is 52.1 Å². The lowest BCUT2D eigenvalue weighted by atomic mass is 10.00. The molecule has 15 nitrogen and oxygen atoms in total. The molecule has 314 valence electrons. The zero-order valence-corrected chi connectivity index (χ0v) is 35.0. The third kappa shape index (κ3) is 14.7. The van der Waals surface area contributed by atoms with Crippen molar-refractivity contribution in [1.82, 2.24) is 0 Å². The van der Waals surface area contributed by atoms with Crippen LogP contribution in [0.15, 0.2) is 46.9 Å². The molecule has 3 rings (SSSR count). The van der Waals surface area contributed by atoms with E-state index in [0.29, 0.717) is 38.2 Å². The summed E-state index contributed by atoms with van der Waals surface area (Å²) >= 11 is 3.39. The van der Waals surface area contributed by atoms with E-state index in [1.54, 1.807) is 43.5 Å². The summed E-state index contributed by atoms with van der Waals surface area (Å²) in [7, 11) is 9.01. The molecular weight excluding hydrogens is 824 g/mol. The van der Waals surface area contributed by atoms with Gasteiger partial charge in [0.15, 0.2) is 0 Å². The van der Waals surface area contributed by atoms with Gasteiger partial charge in [-0.3, -0.25) is 0 Å². The highest BCUT2D eigenvalue weighted by Gasteiger charge is 2.21. The van der Waals surface area contributed by atoms with Gasteiger partial charge in [-0.15, -0.1) is 0 Å². The Kier molecular flexibility index (Phi) is 21.2. The Labute approximate surface area is 346 Å². The summed E-state index contributed by atoms with van der Waals surface area (Å²) in [6.07, 6.45) is 6.67. The van der Waals surface area contributed by atoms with Gasteiger partial charge in [0.1, 0.15) is 44.5 Å². The highest BCUT2D eigenvalue weighted by molar-refractivity contribution is 9.10. The Hall–Kier alpha value is -5.10. The molecule has 0 fully saturated rings. The molecule has 0 aliphatic rings. The summed E-state index contributed by atoms with van der Waals surface area (Å²) < 4.78 is 58.8. The van der Waals surface area contributed by atoms with Crippen LogP contribution in [0.25, 0.3) is 24.3 Å². The molecule has 0 heterocycles. The Bertz CT molecular complexity index is 1890. The Balaban J connectivity index is 2.13. The topological polar surface area (TPSA) is 170 Å². The minimum Gasteiger partial charge on any atom is -0.496 e. The molecule has 3 aromatic carbocycles. The lowest BCUT2D eigenvalue weighted by molar-refractivity contribution is 0.0375. The van der Waals surface area contributed by atoms with Crippen LogP contribution in [0.1, 0.15) is 63.7 Å². The first kappa shape index (κ1) is 47.3. The Morgan fingerprint density at radius 3 is 1.41 bits per heavy atom. The number of halogens is 1. The van der Waals surface area contributed by atoms with Gasteiger partial charge in [0.2, 0.25) is 0 Å². The molecule has 0 radical (unpaired) electrons. The molecule has 0 aliphatic heterocycles. The average Bonchev–Trinajstić information content (AvgIpc) is 3.22. The number of methoxy groups -OCH3 is 6. The zero-order valence-electron chi connectivity index (χ0n) is 33.4. The predicted octanol–water partition coefficient (Wildman–Crippen LogP) is 6.04. The van der Waals surface area contributed by atoms with Crippen molar-refractivity contribution in [2.75, 3.05) is 109 Å². The van der Waals surface area contributed by atoms with Crippen LogP contribution in [0.3, 0.4) is 0 Å². The van der Waals surface area contributed by atoms with Crippen LogP contribution in [0.4, 0.5) is 0 Å². The summed E-state index contributed by atoms with van der Waals surface area (Å²) in [5, 5.41) is 0. The van der Waals surface area contributed by atoms with E-state index in [9.17, 15) is 19.2 Å². The average molecular weight is 874 g/mol. The number of rotatable bonds is 25. The molecule has 0 bridgehead atoms. The van der Waals surface area contributed by atoms with Crippen LogP contribution in [0.5, 0.6) is 11.5 Å². The monoisotopic (exact) mass is 872 g/mol. The fraction of sp³-hybridized carbons (Fsp3) is 0.381. The number of benzene rings is 3. The second-order valence-corrected chi connectivity index (χ2v) is 12.7. The maximum Gasteiger partial charge on any atom is 0.339 e. The van der Waals surface area contributed by atoms with Crippen LogP contribution in [0.2, 0.25) is 0 Å². The predicted molar refractivity (Wildman–Crippen MR) is 217 cm³/mol. The molecule has 0 saturated heterocycles. The molecule has 16 heteroatoms. The highest BCUT2D eigenvalue weighted by Crippen LogP contribution is 2.33. The van der Waals surface area contributed by atoms with Crippen molar-refractivity contribution in [2.24, 2.45) is 0 Å². The van der Waals surface area contributed by atoms with E-state index >= 15 is 0 Å². The molecule has 0 atom stereocenters. The second-order valence-electron chi connectivity index (χ2n) is 11.9. The number of hydrogen-bond donors (Lipinski definition) is 0. The van der Waals surface area contributed by atoms with Crippen molar-refractivity contribution in [3.63, 3.8) is 0 Å².